The first kappa shape index (κ1) is 19.6. The van der Waals surface area contributed by atoms with E-state index in [2.05, 4.69) is 20.8 Å². The lowest BCUT2D eigenvalue weighted by atomic mass is 10.2. The molecule has 0 unspecified atom stereocenters. The second kappa shape index (κ2) is 9.65. The molecule has 0 saturated heterocycles. The third kappa shape index (κ3) is 5.65. The fraction of sp³-hybridized carbons (Fsp3) is 0.263. The van der Waals surface area contributed by atoms with E-state index in [1.165, 1.54) is 12.1 Å². The van der Waals surface area contributed by atoms with Gasteiger partial charge in [0.05, 0.1) is 0 Å². The molecule has 146 valence electrons. The van der Waals surface area contributed by atoms with E-state index < -0.39 is 0 Å². The van der Waals surface area contributed by atoms with Crippen LogP contribution in [0.1, 0.15) is 29.1 Å². The molecule has 8 nitrogen and oxygen atoms in total. The van der Waals surface area contributed by atoms with Gasteiger partial charge in [0.2, 0.25) is 17.6 Å². The molecule has 2 amide bonds. The molecule has 0 atom stereocenters. The normalized spacial score (nSPS) is 10.6. The minimum Gasteiger partial charge on any atom is -0.508 e. The zero-order chi connectivity index (χ0) is 19.8. The summed E-state index contributed by atoms with van der Waals surface area (Å²) in [6.07, 6.45) is 1.22. The maximum Gasteiger partial charge on any atom is 0.251 e. The molecule has 3 rings (SSSR count). The number of phenols is 1. The molecule has 0 bridgehead atoms. The van der Waals surface area contributed by atoms with Gasteiger partial charge in [-0.25, -0.2) is 0 Å². The Morgan fingerprint density at radius 3 is 2.82 bits per heavy atom. The summed E-state index contributed by atoms with van der Waals surface area (Å²) in [5.74, 6) is 0.618. The Kier molecular flexibility index (Phi) is 6.74. The maximum absolute atomic E-state index is 11.9. The summed E-state index contributed by atoms with van der Waals surface area (Å²) in [6, 6.07) is 8.04. The standard InChI is InChI=1S/C19H20N4O4S/c24-15-4-1-3-13(11-15)19(26)21-9-2-8-20-16(25)5-6-17-22-18(23-27-17)14-7-10-28-12-14/h1,3-4,7,10-12,24H,2,5-6,8-9H2,(H,20,25)(H,21,26). The summed E-state index contributed by atoms with van der Waals surface area (Å²) >= 11 is 1.55. The van der Waals surface area contributed by atoms with Gasteiger partial charge < -0.3 is 20.3 Å². The number of rotatable bonds is 9. The van der Waals surface area contributed by atoms with E-state index in [0.717, 1.165) is 5.56 Å². The Morgan fingerprint density at radius 1 is 1.18 bits per heavy atom. The minimum absolute atomic E-state index is 0.0450. The van der Waals surface area contributed by atoms with Gasteiger partial charge in [-0.2, -0.15) is 16.3 Å². The first-order valence-corrected chi connectivity index (χ1v) is 9.75. The lowest BCUT2D eigenvalue weighted by Gasteiger charge is -2.07. The molecule has 0 aliphatic carbocycles. The van der Waals surface area contributed by atoms with Crippen LogP contribution in [-0.2, 0) is 11.2 Å². The lowest BCUT2D eigenvalue weighted by molar-refractivity contribution is -0.121. The fourth-order valence-electron chi connectivity index (χ4n) is 2.44. The van der Waals surface area contributed by atoms with Crippen LogP contribution in [0.15, 0.2) is 45.6 Å². The van der Waals surface area contributed by atoms with Crippen molar-refractivity contribution >= 4 is 23.2 Å². The van der Waals surface area contributed by atoms with Crippen molar-refractivity contribution in [2.75, 3.05) is 13.1 Å². The molecule has 3 N–H and O–H groups in total. The number of carbonyl (C=O) groups excluding carboxylic acids is 2. The maximum atomic E-state index is 11.9. The Morgan fingerprint density at radius 2 is 2.04 bits per heavy atom. The fourth-order valence-corrected chi connectivity index (χ4v) is 3.08. The topological polar surface area (TPSA) is 117 Å². The first-order valence-electron chi connectivity index (χ1n) is 8.81. The highest BCUT2D eigenvalue weighted by molar-refractivity contribution is 7.08. The van der Waals surface area contributed by atoms with Crippen molar-refractivity contribution in [1.82, 2.24) is 20.8 Å². The Bertz CT molecular complexity index is 924. The monoisotopic (exact) mass is 400 g/mol. The number of hydrogen-bond donors (Lipinski definition) is 3. The SMILES string of the molecule is O=C(CCc1nc(-c2ccsc2)no1)NCCCNC(=O)c1cccc(O)c1. The van der Waals surface area contributed by atoms with Crippen molar-refractivity contribution < 1.29 is 19.2 Å². The van der Waals surface area contributed by atoms with Gasteiger partial charge in [-0.3, -0.25) is 9.59 Å². The molecule has 0 fully saturated rings. The zero-order valence-corrected chi connectivity index (χ0v) is 15.9. The van der Waals surface area contributed by atoms with Gasteiger partial charge in [0, 0.05) is 42.4 Å². The number of aryl methyl sites for hydroxylation is 1. The number of hydrogen-bond acceptors (Lipinski definition) is 7. The average Bonchev–Trinajstić information content (AvgIpc) is 3.37. The van der Waals surface area contributed by atoms with Crippen LogP contribution < -0.4 is 10.6 Å². The molecule has 9 heteroatoms. The molecule has 28 heavy (non-hydrogen) atoms. The molecule has 2 aromatic heterocycles. The molecule has 0 aliphatic heterocycles. The van der Waals surface area contributed by atoms with Crippen LogP contribution in [0.2, 0.25) is 0 Å². The zero-order valence-electron chi connectivity index (χ0n) is 15.1. The number of aromatic nitrogens is 2. The van der Waals surface area contributed by atoms with Gasteiger partial charge in [0.1, 0.15) is 5.75 Å². The van der Waals surface area contributed by atoms with Gasteiger partial charge in [-0.1, -0.05) is 11.2 Å². The lowest BCUT2D eigenvalue weighted by Crippen LogP contribution is -2.30. The van der Waals surface area contributed by atoms with E-state index in [-0.39, 0.29) is 24.0 Å². The molecule has 0 aliphatic rings. The minimum atomic E-state index is -0.264. The number of thiophene rings is 1. The highest BCUT2D eigenvalue weighted by Gasteiger charge is 2.11. The molecule has 1 aromatic carbocycles. The Hall–Kier alpha value is -3.20. The van der Waals surface area contributed by atoms with Crippen LogP contribution in [-0.4, -0.2) is 40.2 Å². The van der Waals surface area contributed by atoms with Crippen molar-refractivity contribution in [3.63, 3.8) is 0 Å². The number of carbonyl (C=O) groups is 2. The quantitative estimate of drug-likeness (QED) is 0.475. The third-order valence-electron chi connectivity index (χ3n) is 3.88. The Labute approximate surface area is 165 Å². The number of nitrogens with one attached hydrogen (secondary N) is 2. The highest BCUT2D eigenvalue weighted by atomic mass is 32.1. The van der Waals surface area contributed by atoms with Crippen molar-refractivity contribution in [3.05, 3.63) is 52.5 Å². The van der Waals surface area contributed by atoms with E-state index in [0.29, 0.717) is 43.2 Å². The predicted molar refractivity (Wildman–Crippen MR) is 104 cm³/mol. The van der Waals surface area contributed by atoms with Gasteiger partial charge >= 0.3 is 0 Å². The second-order valence-electron chi connectivity index (χ2n) is 6.03. The second-order valence-corrected chi connectivity index (χ2v) is 6.81. The summed E-state index contributed by atoms with van der Waals surface area (Å²) in [5, 5.41) is 22.7. The number of benzene rings is 1. The highest BCUT2D eigenvalue weighted by Crippen LogP contribution is 2.18. The molecule has 0 saturated carbocycles. The summed E-state index contributed by atoms with van der Waals surface area (Å²) < 4.78 is 5.16. The molecular formula is C19H20N4O4S. The predicted octanol–water partition coefficient (Wildman–Crippen LogP) is 2.37. The van der Waals surface area contributed by atoms with Crippen LogP contribution in [0.3, 0.4) is 0 Å². The summed E-state index contributed by atoms with van der Waals surface area (Å²) in [4.78, 5) is 28.1. The molecule has 2 heterocycles. The largest absolute Gasteiger partial charge is 0.508 e. The number of phenolic OH excluding ortho intramolecular Hbond substituents is 1. The first-order chi connectivity index (χ1) is 13.6. The molecule has 0 radical (unpaired) electrons. The molecular weight excluding hydrogens is 380 g/mol. The number of nitrogens with zero attached hydrogens (tertiary/aromatic N) is 2. The van der Waals surface area contributed by atoms with Gasteiger partial charge in [-0.15, -0.1) is 0 Å². The number of aromatic hydroxyl groups is 1. The van der Waals surface area contributed by atoms with Crippen molar-refractivity contribution in [2.45, 2.75) is 19.3 Å². The Balaban J connectivity index is 1.30. The van der Waals surface area contributed by atoms with Gasteiger partial charge in [0.25, 0.3) is 5.91 Å². The third-order valence-corrected chi connectivity index (χ3v) is 4.57. The van der Waals surface area contributed by atoms with Crippen molar-refractivity contribution in [2.24, 2.45) is 0 Å². The smallest absolute Gasteiger partial charge is 0.251 e. The van der Waals surface area contributed by atoms with E-state index >= 15 is 0 Å². The van der Waals surface area contributed by atoms with Crippen LogP contribution in [0, 0.1) is 0 Å². The number of amides is 2. The van der Waals surface area contributed by atoms with Crippen LogP contribution in [0.4, 0.5) is 0 Å². The van der Waals surface area contributed by atoms with E-state index in [4.69, 9.17) is 4.52 Å². The molecule has 0 spiro atoms. The van der Waals surface area contributed by atoms with Crippen molar-refractivity contribution in [1.29, 1.82) is 0 Å². The van der Waals surface area contributed by atoms with Crippen LogP contribution >= 0.6 is 11.3 Å². The van der Waals surface area contributed by atoms with E-state index in [9.17, 15) is 14.7 Å². The van der Waals surface area contributed by atoms with Gasteiger partial charge in [-0.05, 0) is 36.1 Å². The van der Waals surface area contributed by atoms with Crippen LogP contribution in [0.5, 0.6) is 5.75 Å². The van der Waals surface area contributed by atoms with E-state index in [1.807, 2.05) is 16.8 Å². The van der Waals surface area contributed by atoms with Crippen LogP contribution in [0.25, 0.3) is 11.4 Å². The van der Waals surface area contributed by atoms with Gasteiger partial charge in [0.15, 0.2) is 0 Å². The van der Waals surface area contributed by atoms with Crippen molar-refractivity contribution in [3.8, 4) is 17.1 Å². The summed E-state index contributed by atoms with van der Waals surface area (Å²) in [7, 11) is 0. The average molecular weight is 400 g/mol. The summed E-state index contributed by atoms with van der Waals surface area (Å²) in [6.45, 7) is 0.867. The summed E-state index contributed by atoms with van der Waals surface area (Å²) in [5.41, 5.74) is 1.29. The molecule has 3 aromatic rings. The van der Waals surface area contributed by atoms with E-state index in [1.54, 1.807) is 23.5 Å².